The molecule has 0 atom stereocenters. The molecule has 0 spiro atoms. The fourth-order valence-corrected chi connectivity index (χ4v) is 2.58. The summed E-state index contributed by atoms with van der Waals surface area (Å²) in [5.74, 6) is -0.556. The smallest absolute Gasteiger partial charge is 0.338 e. The maximum absolute atomic E-state index is 11.9. The van der Waals surface area contributed by atoms with Crippen molar-refractivity contribution in [2.75, 3.05) is 13.2 Å². The van der Waals surface area contributed by atoms with Gasteiger partial charge in [-0.25, -0.2) is 4.79 Å². The van der Waals surface area contributed by atoms with Crippen LogP contribution in [-0.2, 0) is 9.53 Å². The summed E-state index contributed by atoms with van der Waals surface area (Å²) in [5.41, 5.74) is 5.34. The highest BCUT2D eigenvalue weighted by molar-refractivity contribution is 7.12. The number of rotatable bonds is 9. The highest BCUT2D eigenvalue weighted by Gasteiger charge is 2.10. The van der Waals surface area contributed by atoms with Crippen molar-refractivity contribution in [3.05, 3.63) is 52.2 Å². The van der Waals surface area contributed by atoms with Crippen LogP contribution in [0.4, 0.5) is 0 Å². The van der Waals surface area contributed by atoms with Gasteiger partial charge in [-0.15, -0.1) is 11.3 Å². The van der Waals surface area contributed by atoms with Crippen molar-refractivity contribution in [2.45, 2.75) is 12.8 Å². The summed E-state index contributed by atoms with van der Waals surface area (Å²) >= 11 is 1.40. The molecule has 0 saturated heterocycles. The molecule has 0 aliphatic carbocycles. The Bertz CT molecular complexity index is 694. The molecule has 1 aromatic carbocycles. The summed E-state index contributed by atoms with van der Waals surface area (Å²) in [4.78, 5) is 35.0. The average Bonchev–Trinajstić information content (AvgIpc) is 3.11. The molecular formula is C17H17NO5S. The minimum atomic E-state index is -0.574. The summed E-state index contributed by atoms with van der Waals surface area (Å²) < 4.78 is 10.2. The largest absolute Gasteiger partial charge is 0.484 e. The number of thiophene rings is 1. The molecule has 0 fully saturated rings. The zero-order valence-corrected chi connectivity index (χ0v) is 13.7. The first kappa shape index (κ1) is 17.7. The molecule has 7 heteroatoms. The van der Waals surface area contributed by atoms with E-state index in [2.05, 4.69) is 0 Å². The molecule has 1 aromatic heterocycles. The van der Waals surface area contributed by atoms with Gasteiger partial charge in [0.1, 0.15) is 5.75 Å². The second-order valence-electron chi connectivity index (χ2n) is 4.92. The maximum atomic E-state index is 11.9. The number of ketones is 1. The number of hydrogen-bond acceptors (Lipinski definition) is 6. The van der Waals surface area contributed by atoms with E-state index in [1.54, 1.807) is 18.2 Å². The van der Waals surface area contributed by atoms with E-state index in [-0.39, 0.29) is 19.0 Å². The van der Waals surface area contributed by atoms with Gasteiger partial charge in [0.05, 0.1) is 17.0 Å². The fourth-order valence-electron chi connectivity index (χ4n) is 1.88. The lowest BCUT2D eigenvalue weighted by molar-refractivity contribution is -0.119. The Balaban J connectivity index is 1.72. The minimum absolute atomic E-state index is 0.0528. The predicted molar refractivity (Wildman–Crippen MR) is 89.3 cm³/mol. The van der Waals surface area contributed by atoms with Crippen LogP contribution < -0.4 is 10.5 Å². The lowest BCUT2D eigenvalue weighted by Crippen LogP contribution is -2.20. The van der Waals surface area contributed by atoms with Crippen LogP contribution in [0.1, 0.15) is 32.9 Å². The lowest BCUT2D eigenvalue weighted by Gasteiger charge is -2.06. The summed E-state index contributed by atoms with van der Waals surface area (Å²) in [6.45, 7) is -0.0437. The van der Waals surface area contributed by atoms with Crippen molar-refractivity contribution in [2.24, 2.45) is 5.73 Å². The molecule has 2 N–H and O–H groups in total. The number of carbonyl (C=O) groups is 3. The molecule has 126 valence electrons. The van der Waals surface area contributed by atoms with Crippen LogP contribution in [0.5, 0.6) is 5.75 Å². The number of benzene rings is 1. The van der Waals surface area contributed by atoms with E-state index in [1.807, 2.05) is 11.4 Å². The van der Waals surface area contributed by atoms with Crippen LogP contribution in [0.25, 0.3) is 0 Å². The van der Waals surface area contributed by atoms with E-state index in [1.165, 1.54) is 23.5 Å². The van der Waals surface area contributed by atoms with E-state index in [0.29, 0.717) is 29.0 Å². The van der Waals surface area contributed by atoms with Crippen molar-refractivity contribution in [1.29, 1.82) is 0 Å². The van der Waals surface area contributed by atoms with Gasteiger partial charge in [-0.1, -0.05) is 6.07 Å². The average molecular weight is 347 g/mol. The van der Waals surface area contributed by atoms with E-state index in [0.717, 1.165) is 0 Å². The number of nitrogens with two attached hydrogens (primary N) is 1. The van der Waals surface area contributed by atoms with Gasteiger partial charge in [0, 0.05) is 6.42 Å². The number of ether oxygens (including phenoxy) is 2. The predicted octanol–water partition coefficient (Wildman–Crippen LogP) is 2.43. The molecule has 0 aliphatic rings. The third-order valence-corrected chi connectivity index (χ3v) is 3.96. The van der Waals surface area contributed by atoms with Crippen molar-refractivity contribution >= 4 is 29.0 Å². The van der Waals surface area contributed by atoms with Crippen LogP contribution in [0.2, 0.25) is 0 Å². The van der Waals surface area contributed by atoms with Crippen molar-refractivity contribution in [1.82, 2.24) is 0 Å². The molecule has 24 heavy (non-hydrogen) atoms. The van der Waals surface area contributed by atoms with Gasteiger partial charge < -0.3 is 15.2 Å². The molecular weight excluding hydrogens is 330 g/mol. The Hall–Kier alpha value is -2.67. The lowest BCUT2D eigenvalue weighted by atomic mass is 10.2. The van der Waals surface area contributed by atoms with E-state index >= 15 is 0 Å². The summed E-state index contributed by atoms with van der Waals surface area (Å²) in [6, 6.07) is 9.79. The van der Waals surface area contributed by atoms with Gasteiger partial charge in [0.25, 0.3) is 5.91 Å². The quantitative estimate of drug-likeness (QED) is 0.427. The van der Waals surface area contributed by atoms with Gasteiger partial charge >= 0.3 is 5.97 Å². The second-order valence-corrected chi connectivity index (χ2v) is 5.87. The van der Waals surface area contributed by atoms with E-state index in [4.69, 9.17) is 15.2 Å². The van der Waals surface area contributed by atoms with Gasteiger partial charge in [-0.05, 0) is 42.1 Å². The molecule has 2 aromatic rings. The van der Waals surface area contributed by atoms with E-state index < -0.39 is 11.9 Å². The summed E-state index contributed by atoms with van der Waals surface area (Å²) in [5, 5.41) is 1.85. The molecule has 0 radical (unpaired) electrons. The van der Waals surface area contributed by atoms with Crippen LogP contribution in [-0.4, -0.2) is 30.9 Å². The van der Waals surface area contributed by atoms with Gasteiger partial charge in [-0.3, -0.25) is 9.59 Å². The molecule has 0 unspecified atom stereocenters. The summed E-state index contributed by atoms with van der Waals surface area (Å²) in [7, 11) is 0. The Morgan fingerprint density at radius 1 is 1.08 bits per heavy atom. The molecule has 1 heterocycles. The Morgan fingerprint density at radius 2 is 1.83 bits per heavy atom. The van der Waals surface area contributed by atoms with Crippen LogP contribution in [0.3, 0.4) is 0 Å². The monoisotopic (exact) mass is 347 g/mol. The zero-order chi connectivity index (χ0) is 17.4. The number of amides is 1. The highest BCUT2D eigenvalue weighted by Crippen LogP contribution is 2.14. The highest BCUT2D eigenvalue weighted by atomic mass is 32.1. The second kappa shape index (κ2) is 8.83. The first-order chi connectivity index (χ1) is 11.6. The SMILES string of the molecule is NC(=O)COc1ccc(C(=O)OCCCC(=O)c2cccs2)cc1. The third kappa shape index (κ3) is 5.51. The fraction of sp³-hybridized carbons (Fsp3) is 0.235. The molecule has 0 aliphatic heterocycles. The Kier molecular flexibility index (Phi) is 6.51. The molecule has 1 amide bonds. The van der Waals surface area contributed by atoms with Crippen LogP contribution in [0, 0.1) is 0 Å². The first-order valence-electron chi connectivity index (χ1n) is 7.31. The topological polar surface area (TPSA) is 95.7 Å². The number of Topliss-reactive ketones (excluding diaryl/α,β-unsaturated/α-hetero) is 1. The molecule has 6 nitrogen and oxygen atoms in total. The van der Waals surface area contributed by atoms with E-state index in [9.17, 15) is 14.4 Å². The van der Waals surface area contributed by atoms with Crippen molar-refractivity contribution in [3.63, 3.8) is 0 Å². The first-order valence-corrected chi connectivity index (χ1v) is 8.19. The Morgan fingerprint density at radius 3 is 2.46 bits per heavy atom. The Labute approximate surface area is 143 Å². The van der Waals surface area contributed by atoms with Crippen molar-refractivity contribution in [3.8, 4) is 5.75 Å². The number of hydrogen-bond donors (Lipinski definition) is 1. The maximum Gasteiger partial charge on any atom is 0.338 e. The number of primary amides is 1. The minimum Gasteiger partial charge on any atom is -0.484 e. The van der Waals surface area contributed by atoms with Gasteiger partial charge in [0.15, 0.2) is 12.4 Å². The standard InChI is InChI=1S/C17H17NO5S/c18-16(20)11-23-13-7-5-12(6-8-13)17(21)22-9-1-3-14(19)15-4-2-10-24-15/h2,4-8,10H,1,3,9,11H2,(H2,18,20). The molecule has 0 bridgehead atoms. The molecule has 2 rings (SSSR count). The van der Waals surface area contributed by atoms with Crippen LogP contribution >= 0.6 is 11.3 Å². The molecule has 0 saturated carbocycles. The normalized spacial score (nSPS) is 10.2. The zero-order valence-electron chi connectivity index (χ0n) is 12.9. The van der Waals surface area contributed by atoms with Gasteiger partial charge in [-0.2, -0.15) is 0 Å². The third-order valence-electron chi connectivity index (χ3n) is 3.05. The van der Waals surface area contributed by atoms with Gasteiger partial charge in [0.2, 0.25) is 0 Å². The van der Waals surface area contributed by atoms with Crippen molar-refractivity contribution < 1.29 is 23.9 Å². The van der Waals surface area contributed by atoms with Crippen LogP contribution in [0.15, 0.2) is 41.8 Å². The summed E-state index contributed by atoms with van der Waals surface area (Å²) in [6.07, 6.45) is 0.815. The number of esters is 1. The number of carbonyl (C=O) groups excluding carboxylic acids is 3.